The summed E-state index contributed by atoms with van der Waals surface area (Å²) >= 11 is 0. The maximum atomic E-state index is 11.9. The number of fused-ring (bicyclic) bond motifs is 1. The van der Waals surface area contributed by atoms with E-state index in [-0.39, 0.29) is 41.3 Å². The van der Waals surface area contributed by atoms with E-state index in [1.165, 1.54) is 0 Å². The number of rotatable bonds is 6. The number of hydrogen-bond acceptors (Lipinski definition) is 4. The number of aryl methyl sites for hydroxylation is 2. The third-order valence-corrected chi connectivity index (χ3v) is 4.25. The zero-order valence-electron chi connectivity index (χ0n) is 17.1. The molecule has 27 heavy (non-hydrogen) atoms. The summed E-state index contributed by atoms with van der Waals surface area (Å²) in [6.45, 7) is 12.5. The van der Waals surface area contributed by atoms with Crippen LogP contribution < -0.4 is 16.0 Å². The summed E-state index contributed by atoms with van der Waals surface area (Å²) in [7, 11) is 0. The maximum Gasteiger partial charge on any atom is 0.225 e. The molecule has 0 fully saturated rings. The lowest BCUT2D eigenvalue weighted by Crippen LogP contribution is -2.47. The molecule has 0 saturated heterocycles. The second kappa shape index (κ2) is 10.8. The number of nitrogens with zero attached hydrogens (tertiary/aromatic N) is 4. The molecule has 8 nitrogen and oxygen atoms in total. The van der Waals surface area contributed by atoms with E-state index in [0.29, 0.717) is 13.1 Å². The summed E-state index contributed by atoms with van der Waals surface area (Å²) in [6, 6.07) is 0.274. The van der Waals surface area contributed by atoms with E-state index in [2.05, 4.69) is 37.9 Å². The molecule has 1 aliphatic rings. The van der Waals surface area contributed by atoms with Crippen LogP contribution in [0.3, 0.4) is 0 Å². The second-order valence-corrected chi connectivity index (χ2v) is 7.63. The highest BCUT2D eigenvalue weighted by molar-refractivity contribution is 14.0. The Bertz CT molecular complexity index is 636. The van der Waals surface area contributed by atoms with Crippen molar-refractivity contribution in [3.8, 4) is 0 Å². The Morgan fingerprint density at radius 3 is 2.67 bits per heavy atom. The molecular weight excluding hydrogens is 457 g/mol. The highest BCUT2D eigenvalue weighted by Gasteiger charge is 2.22. The van der Waals surface area contributed by atoms with Gasteiger partial charge in [-0.2, -0.15) is 5.10 Å². The summed E-state index contributed by atoms with van der Waals surface area (Å²) in [5.74, 6) is 2.81. The normalized spacial score (nSPS) is 16.9. The van der Waals surface area contributed by atoms with Crippen LogP contribution in [0.4, 0.5) is 0 Å². The van der Waals surface area contributed by atoms with E-state index in [9.17, 15) is 4.79 Å². The quantitative estimate of drug-likeness (QED) is 0.243. The lowest BCUT2D eigenvalue weighted by molar-refractivity contribution is -0.128. The molecule has 0 spiro atoms. The fourth-order valence-electron chi connectivity index (χ4n) is 2.74. The number of carbonyl (C=O) groups is 1. The minimum Gasteiger partial charge on any atom is -0.357 e. The third kappa shape index (κ3) is 7.27. The van der Waals surface area contributed by atoms with E-state index in [1.807, 2.05) is 32.4 Å². The van der Waals surface area contributed by atoms with Crippen molar-refractivity contribution >= 4 is 35.8 Å². The van der Waals surface area contributed by atoms with Gasteiger partial charge in [-0.3, -0.25) is 9.79 Å². The Labute approximate surface area is 179 Å². The molecule has 0 aliphatic carbocycles. The van der Waals surface area contributed by atoms with Gasteiger partial charge in [-0.05, 0) is 13.3 Å². The molecule has 1 unspecified atom stereocenters. The number of guanidine groups is 1. The van der Waals surface area contributed by atoms with E-state index in [1.54, 1.807) is 0 Å². The topological polar surface area (TPSA) is 96.2 Å². The van der Waals surface area contributed by atoms with E-state index < -0.39 is 0 Å². The van der Waals surface area contributed by atoms with E-state index >= 15 is 0 Å². The van der Waals surface area contributed by atoms with Gasteiger partial charge in [-0.25, -0.2) is 9.67 Å². The fraction of sp³-hybridized carbons (Fsp3) is 0.778. The van der Waals surface area contributed by atoms with Gasteiger partial charge in [0.15, 0.2) is 11.8 Å². The standard InChI is InChI=1S/C18H33N7O.HI/c1-6-14-23-15-9-8-13(12-25(15)24-14)22-17(19-7-2)21-11-10-20-16(26)18(3,4)5;/h13H,6-12H2,1-5H3,(H,20,26)(H2,19,21,22);1H. The van der Waals surface area contributed by atoms with Crippen LogP contribution in [0.5, 0.6) is 0 Å². The van der Waals surface area contributed by atoms with Crippen molar-refractivity contribution in [3.63, 3.8) is 0 Å². The Balaban J connectivity index is 0.00000364. The number of hydrogen-bond donors (Lipinski definition) is 3. The highest BCUT2D eigenvalue weighted by Crippen LogP contribution is 2.13. The first kappa shape index (κ1) is 23.6. The van der Waals surface area contributed by atoms with Gasteiger partial charge in [0.1, 0.15) is 5.82 Å². The number of halogens is 1. The molecule has 1 aromatic rings. The molecule has 9 heteroatoms. The SMILES string of the molecule is CCNC(=NCCNC(=O)C(C)(C)C)NC1CCc2nc(CC)nn2C1.I. The first-order chi connectivity index (χ1) is 12.3. The Kier molecular flexibility index (Phi) is 9.48. The summed E-state index contributed by atoms with van der Waals surface area (Å²) in [6.07, 6.45) is 2.79. The van der Waals surface area contributed by atoms with E-state index in [0.717, 1.165) is 50.0 Å². The molecule has 0 aromatic carbocycles. The number of nitrogens with one attached hydrogen (secondary N) is 3. The average Bonchev–Trinajstić information content (AvgIpc) is 3.00. The molecular formula is C18H34IN7O. The van der Waals surface area contributed by atoms with Crippen LogP contribution in [0, 0.1) is 5.41 Å². The van der Waals surface area contributed by atoms with Gasteiger partial charge in [0.05, 0.1) is 13.1 Å². The summed E-state index contributed by atoms with van der Waals surface area (Å²) < 4.78 is 2.01. The molecule has 154 valence electrons. The molecule has 2 heterocycles. The monoisotopic (exact) mass is 491 g/mol. The Morgan fingerprint density at radius 1 is 1.30 bits per heavy atom. The minimum atomic E-state index is -0.374. The predicted molar refractivity (Wildman–Crippen MR) is 119 cm³/mol. The molecule has 0 bridgehead atoms. The predicted octanol–water partition coefficient (Wildman–Crippen LogP) is 1.49. The van der Waals surface area contributed by atoms with Gasteiger partial charge in [0.25, 0.3) is 0 Å². The second-order valence-electron chi connectivity index (χ2n) is 7.63. The maximum absolute atomic E-state index is 11.9. The first-order valence-corrected chi connectivity index (χ1v) is 9.59. The smallest absolute Gasteiger partial charge is 0.225 e. The fourth-order valence-corrected chi connectivity index (χ4v) is 2.74. The third-order valence-electron chi connectivity index (χ3n) is 4.25. The number of aliphatic imine (C=N–C) groups is 1. The summed E-state index contributed by atoms with van der Waals surface area (Å²) in [4.78, 5) is 21.0. The van der Waals surface area contributed by atoms with Crippen molar-refractivity contribution in [2.75, 3.05) is 19.6 Å². The molecule has 0 radical (unpaired) electrons. The van der Waals surface area contributed by atoms with Crippen molar-refractivity contribution in [1.29, 1.82) is 0 Å². The van der Waals surface area contributed by atoms with Crippen LogP contribution in [0.1, 0.15) is 52.7 Å². The molecule has 1 aromatic heterocycles. The van der Waals surface area contributed by atoms with Crippen molar-refractivity contribution in [2.24, 2.45) is 10.4 Å². The lowest BCUT2D eigenvalue weighted by Gasteiger charge is -2.25. The average molecular weight is 491 g/mol. The van der Waals surface area contributed by atoms with Crippen LogP contribution in [-0.4, -0.2) is 52.3 Å². The number of aromatic nitrogens is 3. The highest BCUT2D eigenvalue weighted by atomic mass is 127. The molecule has 1 aliphatic heterocycles. The Morgan fingerprint density at radius 2 is 2.04 bits per heavy atom. The number of amides is 1. The van der Waals surface area contributed by atoms with Crippen LogP contribution in [0.25, 0.3) is 0 Å². The molecule has 3 N–H and O–H groups in total. The van der Waals surface area contributed by atoms with Crippen LogP contribution in [-0.2, 0) is 24.2 Å². The molecule has 1 atom stereocenters. The molecule has 1 amide bonds. The van der Waals surface area contributed by atoms with Crippen molar-refractivity contribution in [2.45, 2.75) is 66.5 Å². The van der Waals surface area contributed by atoms with Gasteiger partial charge >= 0.3 is 0 Å². The van der Waals surface area contributed by atoms with Crippen LogP contribution >= 0.6 is 24.0 Å². The zero-order valence-corrected chi connectivity index (χ0v) is 19.5. The van der Waals surface area contributed by atoms with Crippen molar-refractivity contribution < 1.29 is 4.79 Å². The lowest BCUT2D eigenvalue weighted by atomic mass is 9.96. The van der Waals surface area contributed by atoms with Gasteiger partial charge in [-0.1, -0.05) is 27.7 Å². The molecule has 0 saturated carbocycles. The van der Waals surface area contributed by atoms with Gasteiger partial charge in [0, 0.05) is 37.4 Å². The minimum absolute atomic E-state index is 0. The zero-order chi connectivity index (χ0) is 19.2. The Hall–Kier alpha value is -1.39. The number of carbonyl (C=O) groups excluding carboxylic acids is 1. The van der Waals surface area contributed by atoms with Gasteiger partial charge in [0.2, 0.25) is 5.91 Å². The van der Waals surface area contributed by atoms with Crippen molar-refractivity contribution in [3.05, 3.63) is 11.6 Å². The van der Waals surface area contributed by atoms with Gasteiger partial charge < -0.3 is 16.0 Å². The first-order valence-electron chi connectivity index (χ1n) is 9.59. The van der Waals surface area contributed by atoms with Crippen molar-refractivity contribution in [1.82, 2.24) is 30.7 Å². The largest absolute Gasteiger partial charge is 0.357 e. The van der Waals surface area contributed by atoms with Gasteiger partial charge in [-0.15, -0.1) is 24.0 Å². The van der Waals surface area contributed by atoms with Crippen LogP contribution in [0.15, 0.2) is 4.99 Å². The van der Waals surface area contributed by atoms with E-state index in [4.69, 9.17) is 0 Å². The summed E-state index contributed by atoms with van der Waals surface area (Å²) in [5.41, 5.74) is -0.374. The molecule has 2 rings (SSSR count). The summed E-state index contributed by atoms with van der Waals surface area (Å²) in [5, 5.41) is 14.2. The van der Waals surface area contributed by atoms with Crippen LogP contribution in [0.2, 0.25) is 0 Å².